The Hall–Kier alpha value is 0.792. The summed E-state index contributed by atoms with van der Waals surface area (Å²) in [5.41, 5.74) is -0.529. The number of hydrogen-bond acceptors (Lipinski definition) is 4. The summed E-state index contributed by atoms with van der Waals surface area (Å²) < 4.78 is 4.93. The van der Waals surface area contributed by atoms with Crippen molar-refractivity contribution in [2.24, 2.45) is 0 Å². The van der Waals surface area contributed by atoms with Crippen LogP contribution >= 0.6 is 0 Å². The Kier molecular flexibility index (Phi) is 10.8. The van der Waals surface area contributed by atoms with E-state index in [4.69, 9.17) is 4.74 Å². The molecule has 0 aliphatic heterocycles. The van der Waals surface area contributed by atoms with Gasteiger partial charge in [-0.1, -0.05) is 0 Å². The van der Waals surface area contributed by atoms with Crippen LogP contribution < -0.4 is 79.3 Å². The Bertz CT molecular complexity index is 213. The van der Waals surface area contributed by atoms with Gasteiger partial charge in [-0.15, -0.1) is 0 Å². The van der Waals surface area contributed by atoms with Gasteiger partial charge in [0.25, 0.3) is 0 Å². The van der Waals surface area contributed by atoms with Crippen molar-refractivity contribution in [3.63, 3.8) is 0 Å². The first-order valence-electron chi connectivity index (χ1n) is 4.48. The molecule has 0 rings (SSSR count). The van der Waals surface area contributed by atoms with E-state index in [-0.39, 0.29) is 81.9 Å². The maximum Gasteiger partial charge on any atom is 1.00 e. The topological polar surface area (TPSA) is 78.5 Å². The molecule has 0 aromatic heterocycles. The molecule has 0 atom stereocenters. The standard InChI is InChI=1S/C9H17NO4.Cs/c1-9(2,3)14-8(13)10-6-4-5-7(11)12;/h4-6H2,1-3H3,(H,10,13)(H,11,12);/q;+1/p-1. The van der Waals surface area contributed by atoms with Crippen LogP contribution in [0.15, 0.2) is 0 Å². The minimum atomic E-state index is -1.11. The van der Waals surface area contributed by atoms with Crippen molar-refractivity contribution in [1.29, 1.82) is 0 Å². The van der Waals surface area contributed by atoms with Gasteiger partial charge in [0.05, 0.1) is 0 Å². The summed E-state index contributed by atoms with van der Waals surface area (Å²) in [7, 11) is 0. The van der Waals surface area contributed by atoms with Gasteiger partial charge < -0.3 is 20.0 Å². The third kappa shape index (κ3) is 14.8. The van der Waals surface area contributed by atoms with Gasteiger partial charge in [-0.2, -0.15) is 0 Å². The average Bonchev–Trinajstić information content (AvgIpc) is 1.94. The molecule has 15 heavy (non-hydrogen) atoms. The van der Waals surface area contributed by atoms with E-state index in [0.29, 0.717) is 6.42 Å². The number of amides is 1. The third-order valence-corrected chi connectivity index (χ3v) is 1.23. The number of hydrogen-bond donors (Lipinski definition) is 1. The van der Waals surface area contributed by atoms with E-state index in [1.165, 1.54) is 0 Å². The van der Waals surface area contributed by atoms with Crippen molar-refractivity contribution in [3.05, 3.63) is 0 Å². The van der Waals surface area contributed by atoms with E-state index in [2.05, 4.69) is 5.32 Å². The number of alkyl carbamates (subject to hydrolysis) is 1. The molecule has 0 saturated heterocycles. The van der Waals surface area contributed by atoms with Crippen LogP contribution in [0.1, 0.15) is 33.6 Å². The molecule has 0 aliphatic carbocycles. The minimum absolute atomic E-state index is 0. The van der Waals surface area contributed by atoms with Crippen LogP contribution in [0.5, 0.6) is 0 Å². The first-order chi connectivity index (χ1) is 6.31. The van der Waals surface area contributed by atoms with E-state index in [1.54, 1.807) is 20.8 Å². The molecule has 0 saturated carbocycles. The summed E-state index contributed by atoms with van der Waals surface area (Å²) in [5, 5.41) is 12.5. The average molecular weight is 335 g/mol. The summed E-state index contributed by atoms with van der Waals surface area (Å²) in [6.45, 7) is 5.55. The van der Waals surface area contributed by atoms with Gasteiger partial charge in [-0.3, -0.25) is 0 Å². The molecule has 0 aliphatic rings. The second-order valence-electron chi connectivity index (χ2n) is 3.90. The number of ether oxygens (including phenoxy) is 1. The SMILES string of the molecule is CC(C)(C)OC(=O)NCCCC(=O)[O-].[Cs+]. The largest absolute Gasteiger partial charge is 1.00 e. The molecule has 0 bridgehead atoms. The first-order valence-corrected chi connectivity index (χ1v) is 4.48. The Balaban J connectivity index is 0. The van der Waals surface area contributed by atoms with Crippen molar-refractivity contribution in [2.75, 3.05) is 6.54 Å². The van der Waals surface area contributed by atoms with Crippen LogP contribution in [-0.2, 0) is 9.53 Å². The zero-order valence-corrected chi connectivity index (χ0v) is 16.0. The number of carboxylic acids is 1. The number of carboxylic acid groups (broad SMARTS) is 1. The van der Waals surface area contributed by atoms with Gasteiger partial charge in [-0.05, 0) is 33.6 Å². The molecule has 0 aromatic carbocycles. The first kappa shape index (κ1) is 18.2. The predicted molar refractivity (Wildman–Crippen MR) is 48.5 cm³/mol. The maximum atomic E-state index is 11.0. The van der Waals surface area contributed by atoms with Crippen LogP contribution in [0.2, 0.25) is 0 Å². The third-order valence-electron chi connectivity index (χ3n) is 1.23. The smallest absolute Gasteiger partial charge is 0.550 e. The van der Waals surface area contributed by atoms with E-state index in [0.717, 1.165) is 0 Å². The Morgan fingerprint density at radius 3 is 2.27 bits per heavy atom. The minimum Gasteiger partial charge on any atom is -0.550 e. The second kappa shape index (κ2) is 8.89. The maximum absolute atomic E-state index is 11.0. The molecular formula is C9H16CsNO4. The van der Waals surface area contributed by atoms with Gasteiger partial charge in [0.15, 0.2) is 0 Å². The van der Waals surface area contributed by atoms with Crippen LogP contribution in [0.3, 0.4) is 0 Å². The van der Waals surface area contributed by atoms with E-state index >= 15 is 0 Å². The van der Waals surface area contributed by atoms with E-state index in [9.17, 15) is 14.7 Å². The molecular weight excluding hydrogens is 319 g/mol. The van der Waals surface area contributed by atoms with Gasteiger partial charge in [-0.25, -0.2) is 4.79 Å². The molecule has 82 valence electrons. The molecule has 0 fully saturated rings. The van der Waals surface area contributed by atoms with E-state index < -0.39 is 17.7 Å². The summed E-state index contributed by atoms with van der Waals surface area (Å²) in [6.07, 6.45) is -0.243. The molecule has 0 aromatic rings. The Labute approximate surface area is 149 Å². The zero-order chi connectivity index (χ0) is 11.2. The molecule has 0 unspecified atom stereocenters. The number of carbonyl (C=O) groups is 2. The van der Waals surface area contributed by atoms with Crippen molar-refractivity contribution >= 4 is 12.1 Å². The fraction of sp³-hybridized carbons (Fsp3) is 0.778. The Morgan fingerprint density at radius 1 is 1.33 bits per heavy atom. The molecule has 5 nitrogen and oxygen atoms in total. The number of aliphatic carboxylic acids is 1. The fourth-order valence-electron chi connectivity index (χ4n) is 0.737. The van der Waals surface area contributed by atoms with Crippen LogP contribution in [0.25, 0.3) is 0 Å². The van der Waals surface area contributed by atoms with Crippen LogP contribution in [-0.4, -0.2) is 24.2 Å². The van der Waals surface area contributed by atoms with Crippen molar-refractivity contribution in [2.45, 2.75) is 39.2 Å². The number of rotatable bonds is 4. The van der Waals surface area contributed by atoms with Crippen molar-refractivity contribution < 1.29 is 88.3 Å². The van der Waals surface area contributed by atoms with Gasteiger partial charge in [0, 0.05) is 12.5 Å². The zero-order valence-electron chi connectivity index (χ0n) is 9.75. The Morgan fingerprint density at radius 2 is 1.87 bits per heavy atom. The molecule has 0 spiro atoms. The number of carbonyl (C=O) groups excluding carboxylic acids is 2. The molecule has 1 amide bonds. The van der Waals surface area contributed by atoms with Gasteiger partial charge in [0.2, 0.25) is 0 Å². The second-order valence-corrected chi connectivity index (χ2v) is 3.90. The molecule has 1 N–H and O–H groups in total. The summed E-state index contributed by atoms with van der Waals surface area (Å²) in [4.78, 5) is 21.0. The van der Waals surface area contributed by atoms with Gasteiger partial charge >= 0.3 is 75.0 Å². The normalized spacial score (nSPS) is 10.1. The summed E-state index contributed by atoms with van der Waals surface area (Å²) in [6, 6.07) is 0. The molecule has 0 heterocycles. The molecule has 0 radical (unpaired) electrons. The summed E-state index contributed by atoms with van der Waals surface area (Å²) >= 11 is 0. The van der Waals surface area contributed by atoms with Crippen molar-refractivity contribution in [3.8, 4) is 0 Å². The quantitative estimate of drug-likeness (QED) is 0.557. The van der Waals surface area contributed by atoms with Crippen LogP contribution in [0, 0.1) is 0 Å². The molecule has 6 heteroatoms. The predicted octanol–water partition coefficient (Wildman–Crippen LogP) is -2.95. The van der Waals surface area contributed by atoms with Crippen molar-refractivity contribution in [1.82, 2.24) is 5.32 Å². The number of nitrogens with one attached hydrogen (secondary N) is 1. The van der Waals surface area contributed by atoms with E-state index in [1.807, 2.05) is 0 Å². The summed E-state index contributed by atoms with van der Waals surface area (Å²) in [5.74, 6) is -1.11. The van der Waals surface area contributed by atoms with Gasteiger partial charge in [0.1, 0.15) is 5.60 Å². The monoisotopic (exact) mass is 335 g/mol. The van der Waals surface area contributed by atoms with Crippen LogP contribution in [0.4, 0.5) is 4.79 Å². The fourth-order valence-corrected chi connectivity index (χ4v) is 0.737.